The summed E-state index contributed by atoms with van der Waals surface area (Å²) < 4.78 is 0. The second-order valence-corrected chi connectivity index (χ2v) is 7.86. The van der Waals surface area contributed by atoms with Gasteiger partial charge in [0.25, 0.3) is 0 Å². The number of carbonyl (C=O) groups excluding carboxylic acids is 1. The van der Waals surface area contributed by atoms with E-state index in [1.54, 1.807) is 11.3 Å². The van der Waals surface area contributed by atoms with Crippen LogP contribution in [0.5, 0.6) is 0 Å². The number of rotatable bonds is 3. The van der Waals surface area contributed by atoms with Crippen molar-refractivity contribution in [2.24, 2.45) is 5.41 Å². The summed E-state index contributed by atoms with van der Waals surface area (Å²) in [7, 11) is 0. The molecule has 1 aromatic heterocycles. The zero-order valence-electron chi connectivity index (χ0n) is 13.8. The van der Waals surface area contributed by atoms with Crippen molar-refractivity contribution < 1.29 is 4.79 Å². The van der Waals surface area contributed by atoms with Gasteiger partial charge in [0.1, 0.15) is 0 Å². The van der Waals surface area contributed by atoms with E-state index in [2.05, 4.69) is 29.5 Å². The minimum absolute atomic E-state index is 0.0219. The second kappa shape index (κ2) is 6.42. The predicted octanol–water partition coefficient (Wildman–Crippen LogP) is 3.84. The van der Waals surface area contributed by atoms with Crippen LogP contribution in [0.15, 0.2) is 29.6 Å². The van der Waals surface area contributed by atoms with E-state index in [0.717, 1.165) is 41.3 Å². The molecule has 0 radical (unpaired) electrons. The first kappa shape index (κ1) is 16.1. The first-order chi connectivity index (χ1) is 11.0. The van der Waals surface area contributed by atoms with Crippen molar-refractivity contribution in [2.45, 2.75) is 39.7 Å². The van der Waals surface area contributed by atoms with Crippen molar-refractivity contribution in [3.63, 3.8) is 0 Å². The van der Waals surface area contributed by atoms with Crippen LogP contribution in [0.1, 0.15) is 31.7 Å². The average molecular weight is 329 g/mol. The van der Waals surface area contributed by atoms with Crippen LogP contribution in [0, 0.1) is 12.3 Å². The Balaban J connectivity index is 1.76. The zero-order chi connectivity index (χ0) is 16.4. The Kier molecular flexibility index (Phi) is 4.50. The lowest BCUT2D eigenvalue weighted by molar-refractivity contribution is -0.121. The minimum Gasteiger partial charge on any atom is -0.325 e. The molecule has 1 saturated heterocycles. The summed E-state index contributed by atoms with van der Waals surface area (Å²) in [6.45, 7) is 7.20. The van der Waals surface area contributed by atoms with Crippen LogP contribution in [0.3, 0.4) is 0 Å². The molecule has 1 atom stereocenters. The molecule has 2 aromatic rings. The van der Waals surface area contributed by atoms with E-state index in [1.807, 2.05) is 36.6 Å². The first-order valence-electron chi connectivity index (χ1n) is 8.02. The molecule has 4 nitrogen and oxygen atoms in total. The van der Waals surface area contributed by atoms with E-state index >= 15 is 0 Å². The first-order valence-corrected chi connectivity index (χ1v) is 8.90. The van der Waals surface area contributed by atoms with Gasteiger partial charge in [-0.2, -0.15) is 0 Å². The van der Waals surface area contributed by atoms with Crippen molar-refractivity contribution >= 4 is 22.9 Å². The number of anilines is 1. The van der Waals surface area contributed by atoms with Gasteiger partial charge in [-0.1, -0.05) is 26.0 Å². The molecule has 122 valence electrons. The lowest BCUT2D eigenvalue weighted by atomic mass is 9.77. The van der Waals surface area contributed by atoms with Gasteiger partial charge >= 0.3 is 0 Å². The maximum Gasteiger partial charge on any atom is 0.242 e. The molecule has 0 saturated carbocycles. The topological polar surface area (TPSA) is 54.0 Å². The van der Waals surface area contributed by atoms with Gasteiger partial charge in [0.2, 0.25) is 5.91 Å². The maximum atomic E-state index is 12.6. The highest BCUT2D eigenvalue weighted by atomic mass is 32.1. The fourth-order valence-corrected chi connectivity index (χ4v) is 3.75. The van der Waals surface area contributed by atoms with Gasteiger partial charge < -0.3 is 10.6 Å². The van der Waals surface area contributed by atoms with Crippen molar-refractivity contribution in [1.29, 1.82) is 0 Å². The molecule has 1 aliphatic heterocycles. The molecule has 2 N–H and O–H groups in total. The summed E-state index contributed by atoms with van der Waals surface area (Å²) in [4.78, 5) is 17.2. The Hall–Kier alpha value is -1.72. The van der Waals surface area contributed by atoms with Crippen LogP contribution in [0.2, 0.25) is 0 Å². The van der Waals surface area contributed by atoms with Gasteiger partial charge in [0.05, 0.1) is 16.7 Å². The van der Waals surface area contributed by atoms with Crippen LogP contribution in [0.4, 0.5) is 5.69 Å². The third kappa shape index (κ3) is 3.62. The number of nitrogens with zero attached hydrogens (tertiary/aromatic N) is 1. The number of aryl methyl sites for hydroxylation is 1. The fraction of sp³-hybridized carbons (Fsp3) is 0.444. The van der Waals surface area contributed by atoms with E-state index in [9.17, 15) is 4.79 Å². The third-order valence-electron chi connectivity index (χ3n) is 4.43. The summed E-state index contributed by atoms with van der Waals surface area (Å²) in [5.41, 5.74) is 2.79. The lowest BCUT2D eigenvalue weighted by Crippen LogP contribution is -2.53. The highest BCUT2D eigenvalue weighted by Gasteiger charge is 2.37. The minimum atomic E-state index is -0.151. The number of carbonyl (C=O) groups is 1. The third-order valence-corrected chi connectivity index (χ3v) is 5.21. The van der Waals surface area contributed by atoms with E-state index < -0.39 is 0 Å². The number of nitrogens with one attached hydrogen (secondary N) is 2. The number of benzene rings is 1. The molecule has 0 spiro atoms. The number of hydrogen-bond acceptors (Lipinski definition) is 4. The van der Waals surface area contributed by atoms with Crippen LogP contribution in [-0.2, 0) is 4.79 Å². The highest BCUT2D eigenvalue weighted by Crippen LogP contribution is 2.31. The zero-order valence-corrected chi connectivity index (χ0v) is 14.7. The van der Waals surface area contributed by atoms with Crippen molar-refractivity contribution in [2.75, 3.05) is 11.9 Å². The summed E-state index contributed by atoms with van der Waals surface area (Å²) in [5, 5.41) is 9.50. The molecule has 2 heterocycles. The number of piperidine rings is 1. The molecule has 1 unspecified atom stereocenters. The number of thiazole rings is 1. The summed E-state index contributed by atoms with van der Waals surface area (Å²) in [6, 6.07) is 7.74. The number of aromatic nitrogens is 1. The number of amides is 1. The lowest BCUT2D eigenvalue weighted by Gasteiger charge is -2.38. The van der Waals surface area contributed by atoms with Crippen molar-refractivity contribution in [3.8, 4) is 11.3 Å². The Morgan fingerprint density at radius 2 is 2.26 bits per heavy atom. The van der Waals surface area contributed by atoms with Crippen LogP contribution in [-0.4, -0.2) is 23.5 Å². The highest BCUT2D eigenvalue weighted by molar-refractivity contribution is 7.09. The van der Waals surface area contributed by atoms with Gasteiger partial charge in [0.15, 0.2) is 0 Å². The van der Waals surface area contributed by atoms with E-state index in [1.165, 1.54) is 0 Å². The van der Waals surface area contributed by atoms with E-state index in [4.69, 9.17) is 0 Å². The Labute approximate surface area is 141 Å². The summed E-state index contributed by atoms with van der Waals surface area (Å²) in [5.74, 6) is 0.0429. The van der Waals surface area contributed by atoms with Gasteiger partial charge in [0, 0.05) is 16.6 Å². The van der Waals surface area contributed by atoms with Crippen LogP contribution >= 0.6 is 11.3 Å². The monoisotopic (exact) mass is 329 g/mol. The number of hydrogen-bond donors (Lipinski definition) is 2. The molecule has 5 heteroatoms. The van der Waals surface area contributed by atoms with Gasteiger partial charge in [-0.15, -0.1) is 11.3 Å². The molecule has 1 aromatic carbocycles. The quantitative estimate of drug-likeness (QED) is 0.899. The average Bonchev–Trinajstić information content (AvgIpc) is 2.93. The second-order valence-electron chi connectivity index (χ2n) is 6.80. The molecule has 0 aliphatic carbocycles. The van der Waals surface area contributed by atoms with Gasteiger partial charge in [-0.25, -0.2) is 4.98 Å². The molecular weight excluding hydrogens is 306 g/mol. The largest absolute Gasteiger partial charge is 0.325 e. The summed E-state index contributed by atoms with van der Waals surface area (Å²) >= 11 is 1.63. The van der Waals surface area contributed by atoms with Crippen molar-refractivity contribution in [1.82, 2.24) is 10.3 Å². The normalized spacial score (nSPS) is 20.2. The molecule has 1 amide bonds. The standard InChI is InChI=1S/C18H23N3OS/c1-12-20-15(11-23-12)13-6-4-7-14(10-13)21-17(22)16-18(2,3)8-5-9-19-16/h4,6-7,10-11,16,19H,5,8-9H2,1-3H3,(H,21,22). The maximum absolute atomic E-state index is 12.6. The van der Waals surface area contributed by atoms with Crippen LogP contribution in [0.25, 0.3) is 11.3 Å². The van der Waals surface area contributed by atoms with Crippen molar-refractivity contribution in [3.05, 3.63) is 34.7 Å². The van der Waals surface area contributed by atoms with Crippen LogP contribution < -0.4 is 10.6 Å². The summed E-state index contributed by atoms with van der Waals surface area (Å²) in [6.07, 6.45) is 2.19. The van der Waals surface area contributed by atoms with Gasteiger partial charge in [-0.05, 0) is 43.9 Å². The SMILES string of the molecule is Cc1nc(-c2cccc(NC(=O)C3NCCCC3(C)C)c2)cs1. The Morgan fingerprint density at radius 3 is 2.96 bits per heavy atom. The fourth-order valence-electron chi connectivity index (χ4n) is 3.13. The van der Waals surface area contributed by atoms with E-state index in [0.29, 0.717) is 0 Å². The van der Waals surface area contributed by atoms with E-state index in [-0.39, 0.29) is 17.4 Å². The molecule has 1 aliphatic rings. The molecule has 23 heavy (non-hydrogen) atoms. The predicted molar refractivity (Wildman–Crippen MR) is 95.7 cm³/mol. The molecule has 0 bridgehead atoms. The smallest absolute Gasteiger partial charge is 0.242 e. The molecule has 1 fully saturated rings. The molecule has 3 rings (SSSR count). The van der Waals surface area contributed by atoms with Gasteiger partial charge in [-0.3, -0.25) is 4.79 Å². The Bertz CT molecular complexity index is 708. The molecular formula is C18H23N3OS. The Morgan fingerprint density at radius 1 is 1.43 bits per heavy atom.